The van der Waals surface area contributed by atoms with Gasteiger partial charge < -0.3 is 5.73 Å². The first-order valence-corrected chi connectivity index (χ1v) is 5.70. The molecule has 0 saturated carbocycles. The highest BCUT2D eigenvalue weighted by Gasteiger charge is 2.18. The number of thiophene rings is 1. The van der Waals surface area contributed by atoms with Crippen LogP contribution in [0.15, 0.2) is 35.7 Å². The van der Waals surface area contributed by atoms with Crippen LogP contribution in [0.1, 0.15) is 16.5 Å². The number of hydrogen-bond acceptors (Lipinski definition) is 4. The van der Waals surface area contributed by atoms with Crippen molar-refractivity contribution in [2.45, 2.75) is 6.04 Å². The Kier molecular flexibility index (Phi) is 4.77. The van der Waals surface area contributed by atoms with Crippen LogP contribution < -0.4 is 5.73 Å². The summed E-state index contributed by atoms with van der Waals surface area (Å²) in [6, 6.07) is 6.93. The Bertz CT molecular complexity index is 548. The van der Waals surface area contributed by atoms with Crippen LogP contribution >= 0.6 is 23.7 Å². The van der Waals surface area contributed by atoms with E-state index in [1.54, 1.807) is 0 Å². The van der Waals surface area contributed by atoms with Gasteiger partial charge in [0.05, 0.1) is 11.0 Å². The summed E-state index contributed by atoms with van der Waals surface area (Å²) < 4.78 is 13.1. The van der Waals surface area contributed by atoms with E-state index in [2.05, 4.69) is 0 Å². The second kappa shape index (κ2) is 5.90. The number of halogens is 2. The molecule has 96 valence electrons. The maximum absolute atomic E-state index is 13.1. The second-order valence-electron chi connectivity index (χ2n) is 3.46. The molecule has 0 bridgehead atoms. The first-order valence-electron chi connectivity index (χ1n) is 4.82. The van der Waals surface area contributed by atoms with Gasteiger partial charge in [-0.3, -0.25) is 10.1 Å². The van der Waals surface area contributed by atoms with Crippen LogP contribution in [0.4, 0.5) is 10.1 Å². The molecule has 0 amide bonds. The van der Waals surface area contributed by atoms with E-state index >= 15 is 0 Å². The van der Waals surface area contributed by atoms with Crippen molar-refractivity contribution in [2.24, 2.45) is 5.73 Å². The number of nitro benzene ring substituents is 1. The van der Waals surface area contributed by atoms with Crippen LogP contribution in [-0.2, 0) is 0 Å². The molecule has 18 heavy (non-hydrogen) atoms. The molecule has 1 aromatic heterocycles. The summed E-state index contributed by atoms with van der Waals surface area (Å²) >= 11 is 1.46. The van der Waals surface area contributed by atoms with Crippen molar-refractivity contribution in [2.75, 3.05) is 0 Å². The number of nitrogens with two attached hydrogens (primary N) is 1. The Balaban J connectivity index is 0.00000162. The molecule has 1 atom stereocenters. The molecule has 1 heterocycles. The van der Waals surface area contributed by atoms with Gasteiger partial charge in [0.2, 0.25) is 5.82 Å². The normalized spacial score (nSPS) is 11.7. The summed E-state index contributed by atoms with van der Waals surface area (Å²) in [5.74, 6) is -0.850. The van der Waals surface area contributed by atoms with Crippen molar-refractivity contribution in [1.29, 1.82) is 0 Å². The van der Waals surface area contributed by atoms with Crippen LogP contribution in [0, 0.1) is 15.9 Å². The summed E-state index contributed by atoms with van der Waals surface area (Å²) in [5.41, 5.74) is 5.93. The maximum Gasteiger partial charge on any atom is 0.305 e. The Morgan fingerprint density at radius 1 is 1.39 bits per heavy atom. The van der Waals surface area contributed by atoms with E-state index in [0.717, 1.165) is 10.9 Å². The fourth-order valence-electron chi connectivity index (χ4n) is 1.50. The van der Waals surface area contributed by atoms with Gasteiger partial charge in [-0.15, -0.1) is 23.7 Å². The van der Waals surface area contributed by atoms with E-state index in [1.165, 1.54) is 23.5 Å². The fraction of sp³-hybridized carbons (Fsp3) is 0.0909. The van der Waals surface area contributed by atoms with Gasteiger partial charge in [-0.2, -0.15) is 4.39 Å². The standard InChI is InChI=1S/C11H9FN2O2S.ClH/c12-8-4-3-7(6-9(8)14(15)16)11(13)10-2-1-5-17-10;/h1-6,11H,13H2;1H/t11-;/m1./s1. The van der Waals surface area contributed by atoms with E-state index in [1.807, 2.05) is 17.5 Å². The Morgan fingerprint density at radius 3 is 2.67 bits per heavy atom. The van der Waals surface area contributed by atoms with E-state index < -0.39 is 22.5 Å². The molecule has 0 spiro atoms. The van der Waals surface area contributed by atoms with E-state index in [-0.39, 0.29) is 12.4 Å². The Hall–Kier alpha value is -1.50. The maximum atomic E-state index is 13.1. The van der Waals surface area contributed by atoms with Gasteiger partial charge in [0, 0.05) is 10.9 Å². The molecule has 0 radical (unpaired) electrons. The summed E-state index contributed by atoms with van der Waals surface area (Å²) in [4.78, 5) is 10.7. The predicted molar refractivity (Wildman–Crippen MR) is 70.7 cm³/mol. The average molecular weight is 289 g/mol. The first kappa shape index (κ1) is 14.6. The summed E-state index contributed by atoms with van der Waals surface area (Å²) in [7, 11) is 0. The molecule has 2 rings (SSSR count). The monoisotopic (exact) mass is 288 g/mol. The van der Waals surface area contributed by atoms with Crippen LogP contribution in [0.2, 0.25) is 0 Å². The minimum Gasteiger partial charge on any atom is -0.320 e. The molecule has 7 heteroatoms. The summed E-state index contributed by atoms with van der Waals surface area (Å²) in [5, 5.41) is 12.5. The van der Waals surface area contributed by atoms with Crippen LogP contribution in [0.5, 0.6) is 0 Å². The molecule has 0 aliphatic carbocycles. The minimum absolute atomic E-state index is 0. The molecule has 0 aliphatic rings. The van der Waals surface area contributed by atoms with Crippen molar-refractivity contribution in [3.63, 3.8) is 0 Å². The lowest BCUT2D eigenvalue weighted by atomic mass is 10.1. The smallest absolute Gasteiger partial charge is 0.305 e. The molecule has 1 aromatic carbocycles. The van der Waals surface area contributed by atoms with Gasteiger partial charge in [-0.25, -0.2) is 0 Å². The SMILES string of the molecule is Cl.N[C@H](c1ccc(F)c([N+](=O)[O-])c1)c1cccs1. The topological polar surface area (TPSA) is 69.2 Å². The minimum atomic E-state index is -0.850. The lowest BCUT2D eigenvalue weighted by Gasteiger charge is -2.09. The fourth-order valence-corrected chi connectivity index (χ4v) is 2.25. The average Bonchev–Trinajstić information content (AvgIpc) is 2.81. The van der Waals surface area contributed by atoms with Crippen molar-refractivity contribution in [3.8, 4) is 0 Å². The third-order valence-electron chi connectivity index (χ3n) is 2.38. The van der Waals surface area contributed by atoms with Crippen molar-refractivity contribution in [1.82, 2.24) is 0 Å². The third-order valence-corrected chi connectivity index (χ3v) is 3.33. The third kappa shape index (κ3) is 2.84. The zero-order valence-corrected chi connectivity index (χ0v) is 10.7. The quantitative estimate of drug-likeness (QED) is 0.696. The summed E-state index contributed by atoms with van der Waals surface area (Å²) in [6.45, 7) is 0. The number of benzene rings is 1. The second-order valence-corrected chi connectivity index (χ2v) is 4.44. The predicted octanol–water partition coefficient (Wildman–Crippen LogP) is 3.27. The van der Waals surface area contributed by atoms with Crippen molar-refractivity contribution in [3.05, 3.63) is 62.1 Å². The van der Waals surface area contributed by atoms with Crippen molar-refractivity contribution < 1.29 is 9.31 Å². The molecular formula is C11H10ClFN2O2S. The zero-order valence-electron chi connectivity index (χ0n) is 9.08. The molecule has 0 saturated heterocycles. The largest absolute Gasteiger partial charge is 0.320 e. The molecule has 2 N–H and O–H groups in total. The van der Waals surface area contributed by atoms with Gasteiger partial charge in [-0.1, -0.05) is 12.1 Å². The van der Waals surface area contributed by atoms with Gasteiger partial charge in [0.1, 0.15) is 0 Å². The van der Waals surface area contributed by atoms with Crippen LogP contribution in [-0.4, -0.2) is 4.92 Å². The number of rotatable bonds is 3. The highest BCUT2D eigenvalue weighted by molar-refractivity contribution is 7.10. The van der Waals surface area contributed by atoms with Gasteiger partial charge in [0.25, 0.3) is 0 Å². The van der Waals surface area contributed by atoms with Crippen LogP contribution in [0.25, 0.3) is 0 Å². The molecular weight excluding hydrogens is 279 g/mol. The zero-order chi connectivity index (χ0) is 12.4. The highest BCUT2D eigenvalue weighted by atomic mass is 35.5. The van der Waals surface area contributed by atoms with Gasteiger partial charge in [-0.05, 0) is 23.1 Å². The van der Waals surface area contributed by atoms with Crippen LogP contribution in [0.3, 0.4) is 0 Å². The van der Waals surface area contributed by atoms with E-state index in [9.17, 15) is 14.5 Å². The van der Waals surface area contributed by atoms with Gasteiger partial charge >= 0.3 is 5.69 Å². The van der Waals surface area contributed by atoms with E-state index in [0.29, 0.717) is 5.56 Å². The molecule has 0 fully saturated rings. The first-order chi connectivity index (χ1) is 8.09. The van der Waals surface area contributed by atoms with Crippen molar-refractivity contribution >= 4 is 29.4 Å². The molecule has 4 nitrogen and oxygen atoms in total. The lowest BCUT2D eigenvalue weighted by molar-refractivity contribution is -0.387. The molecule has 0 aliphatic heterocycles. The van der Waals surface area contributed by atoms with Gasteiger partial charge in [0.15, 0.2) is 0 Å². The molecule has 0 unspecified atom stereocenters. The number of nitrogens with zero attached hydrogens (tertiary/aromatic N) is 1. The lowest BCUT2D eigenvalue weighted by Crippen LogP contribution is -2.10. The summed E-state index contributed by atoms with van der Waals surface area (Å²) in [6.07, 6.45) is 0. The highest BCUT2D eigenvalue weighted by Crippen LogP contribution is 2.27. The number of nitro groups is 1. The Morgan fingerprint density at radius 2 is 2.11 bits per heavy atom. The Labute approximate surface area is 113 Å². The van der Waals surface area contributed by atoms with E-state index in [4.69, 9.17) is 5.73 Å². The number of hydrogen-bond donors (Lipinski definition) is 1. The molecule has 2 aromatic rings.